The number of methoxy groups -OCH3 is 1. The average Bonchev–Trinajstić information content (AvgIpc) is 3.12. The van der Waals surface area contributed by atoms with E-state index in [2.05, 4.69) is 15.1 Å². The highest BCUT2D eigenvalue weighted by atomic mass is 19.2. The third kappa shape index (κ3) is 2.62. The standard InChI is InChI=1S/C13H12F4N4O2/c1-5-18-13(23-20-5)7-3-6(22-2)4-21(7)10-8(14)11(16)19-12(17)9(10)15/h6-7H,3-4H2,1-2H3. The molecule has 0 amide bonds. The largest absolute Gasteiger partial charge is 0.380 e. The van der Waals surface area contributed by atoms with Crippen LogP contribution in [0.25, 0.3) is 0 Å². The minimum absolute atomic E-state index is 0.000667. The van der Waals surface area contributed by atoms with Crippen LogP contribution >= 0.6 is 0 Å². The Bertz CT molecular complexity index is 713. The third-order valence-electron chi connectivity index (χ3n) is 3.69. The Morgan fingerprint density at radius 3 is 2.30 bits per heavy atom. The highest BCUT2D eigenvalue weighted by Crippen LogP contribution is 2.39. The minimum Gasteiger partial charge on any atom is -0.380 e. The van der Waals surface area contributed by atoms with Gasteiger partial charge in [-0.25, -0.2) is 0 Å². The van der Waals surface area contributed by atoms with E-state index < -0.39 is 41.4 Å². The summed E-state index contributed by atoms with van der Waals surface area (Å²) >= 11 is 0. The first kappa shape index (κ1) is 15.7. The Morgan fingerprint density at radius 2 is 1.78 bits per heavy atom. The Labute approximate surface area is 128 Å². The summed E-state index contributed by atoms with van der Waals surface area (Å²) in [4.78, 5) is 7.68. The van der Waals surface area contributed by atoms with Gasteiger partial charge in [0.2, 0.25) is 17.5 Å². The Balaban J connectivity index is 2.09. The van der Waals surface area contributed by atoms with E-state index in [0.29, 0.717) is 5.82 Å². The lowest BCUT2D eigenvalue weighted by Gasteiger charge is -2.24. The van der Waals surface area contributed by atoms with Crippen LogP contribution in [0.5, 0.6) is 0 Å². The van der Waals surface area contributed by atoms with Crippen molar-refractivity contribution in [2.24, 2.45) is 0 Å². The molecular weight excluding hydrogens is 320 g/mol. The molecule has 23 heavy (non-hydrogen) atoms. The highest BCUT2D eigenvalue weighted by Gasteiger charge is 2.40. The van der Waals surface area contributed by atoms with Crippen LogP contribution in [0.2, 0.25) is 0 Å². The lowest BCUT2D eigenvalue weighted by atomic mass is 10.2. The number of halogens is 4. The van der Waals surface area contributed by atoms with Crippen molar-refractivity contribution in [1.82, 2.24) is 15.1 Å². The van der Waals surface area contributed by atoms with E-state index in [1.807, 2.05) is 0 Å². The number of ether oxygens (including phenoxy) is 1. The lowest BCUT2D eigenvalue weighted by Crippen LogP contribution is -2.28. The van der Waals surface area contributed by atoms with Crippen LogP contribution in [-0.4, -0.2) is 34.9 Å². The molecule has 1 fully saturated rings. The molecule has 10 heteroatoms. The van der Waals surface area contributed by atoms with Crippen LogP contribution in [0.15, 0.2) is 4.52 Å². The summed E-state index contributed by atoms with van der Waals surface area (Å²) in [5.41, 5.74) is -0.865. The van der Waals surface area contributed by atoms with E-state index in [1.54, 1.807) is 6.92 Å². The zero-order valence-electron chi connectivity index (χ0n) is 12.2. The van der Waals surface area contributed by atoms with Crippen molar-refractivity contribution in [3.8, 4) is 0 Å². The summed E-state index contributed by atoms with van der Waals surface area (Å²) in [5, 5.41) is 3.62. The zero-order valence-corrected chi connectivity index (χ0v) is 12.2. The van der Waals surface area contributed by atoms with Gasteiger partial charge in [0.15, 0.2) is 5.82 Å². The fourth-order valence-corrected chi connectivity index (χ4v) is 2.63. The first-order chi connectivity index (χ1) is 10.9. The van der Waals surface area contributed by atoms with Crippen molar-refractivity contribution in [1.29, 1.82) is 0 Å². The van der Waals surface area contributed by atoms with Crippen LogP contribution in [0.3, 0.4) is 0 Å². The molecule has 1 saturated heterocycles. The second-order valence-corrected chi connectivity index (χ2v) is 5.11. The van der Waals surface area contributed by atoms with Crippen LogP contribution in [-0.2, 0) is 4.74 Å². The van der Waals surface area contributed by atoms with Crippen molar-refractivity contribution in [3.63, 3.8) is 0 Å². The summed E-state index contributed by atoms with van der Waals surface area (Å²) in [6.07, 6.45) is -0.159. The summed E-state index contributed by atoms with van der Waals surface area (Å²) in [7, 11) is 1.42. The van der Waals surface area contributed by atoms with Gasteiger partial charge >= 0.3 is 0 Å². The molecule has 0 radical (unpaired) electrons. The molecule has 0 aromatic carbocycles. The Morgan fingerprint density at radius 1 is 1.13 bits per heavy atom. The quantitative estimate of drug-likeness (QED) is 0.635. The molecule has 0 spiro atoms. The smallest absolute Gasteiger partial charge is 0.253 e. The molecule has 124 valence electrons. The van der Waals surface area contributed by atoms with Gasteiger partial charge in [0.25, 0.3) is 11.9 Å². The Hall–Kier alpha value is -2.23. The number of nitrogens with zero attached hydrogens (tertiary/aromatic N) is 4. The third-order valence-corrected chi connectivity index (χ3v) is 3.69. The predicted molar refractivity (Wildman–Crippen MR) is 68.6 cm³/mol. The molecule has 1 aliphatic heterocycles. The van der Waals surface area contributed by atoms with Crippen LogP contribution in [0.4, 0.5) is 23.2 Å². The maximum absolute atomic E-state index is 14.0. The van der Waals surface area contributed by atoms with E-state index in [9.17, 15) is 17.6 Å². The number of hydrogen-bond acceptors (Lipinski definition) is 6. The summed E-state index contributed by atoms with van der Waals surface area (Å²) in [5.74, 6) is -6.20. The number of anilines is 1. The second-order valence-electron chi connectivity index (χ2n) is 5.11. The van der Waals surface area contributed by atoms with Gasteiger partial charge < -0.3 is 14.2 Å². The molecule has 2 aromatic rings. The van der Waals surface area contributed by atoms with E-state index in [1.165, 1.54) is 7.11 Å². The maximum Gasteiger partial charge on any atom is 0.253 e. The van der Waals surface area contributed by atoms with Crippen LogP contribution in [0, 0.1) is 30.5 Å². The van der Waals surface area contributed by atoms with Gasteiger partial charge in [-0.3, -0.25) is 0 Å². The SMILES string of the molecule is COC1CC(c2nc(C)no2)N(c2c(F)c(F)nc(F)c2F)C1. The number of aromatic nitrogens is 3. The molecule has 1 aliphatic rings. The van der Waals surface area contributed by atoms with Gasteiger partial charge in [0, 0.05) is 20.1 Å². The Kier molecular flexibility index (Phi) is 3.92. The van der Waals surface area contributed by atoms with Crippen LogP contribution < -0.4 is 4.90 Å². The van der Waals surface area contributed by atoms with E-state index in [4.69, 9.17) is 9.26 Å². The fourth-order valence-electron chi connectivity index (χ4n) is 2.63. The minimum atomic E-state index is -1.72. The molecule has 0 saturated carbocycles. The highest BCUT2D eigenvalue weighted by molar-refractivity contribution is 5.51. The van der Waals surface area contributed by atoms with E-state index in [-0.39, 0.29) is 18.9 Å². The van der Waals surface area contributed by atoms with Crippen molar-refractivity contribution in [3.05, 3.63) is 35.2 Å². The maximum atomic E-state index is 14.0. The predicted octanol–water partition coefficient (Wildman–Crippen LogP) is 2.30. The van der Waals surface area contributed by atoms with Crippen molar-refractivity contribution >= 4 is 5.69 Å². The topological polar surface area (TPSA) is 64.3 Å². The molecule has 3 heterocycles. The van der Waals surface area contributed by atoms with Gasteiger partial charge in [0.05, 0.1) is 6.10 Å². The molecule has 2 unspecified atom stereocenters. The molecule has 0 N–H and O–H groups in total. The molecule has 6 nitrogen and oxygen atoms in total. The molecule has 2 atom stereocenters. The zero-order chi connectivity index (χ0) is 16.7. The van der Waals surface area contributed by atoms with Crippen molar-refractivity contribution < 1.29 is 26.8 Å². The van der Waals surface area contributed by atoms with Crippen LogP contribution in [0.1, 0.15) is 24.2 Å². The van der Waals surface area contributed by atoms with Crippen molar-refractivity contribution in [2.45, 2.75) is 25.5 Å². The van der Waals surface area contributed by atoms with E-state index >= 15 is 0 Å². The van der Waals surface area contributed by atoms with Gasteiger partial charge in [0.1, 0.15) is 11.7 Å². The normalized spacial score (nSPS) is 21.2. The molecular formula is C13H12F4N4O2. The first-order valence-electron chi connectivity index (χ1n) is 6.72. The molecule has 2 aromatic heterocycles. The summed E-state index contributed by atoms with van der Waals surface area (Å²) < 4.78 is 65.0. The van der Waals surface area contributed by atoms with Gasteiger partial charge in [-0.05, 0) is 6.92 Å². The molecule has 0 aliphatic carbocycles. The first-order valence-corrected chi connectivity index (χ1v) is 6.72. The number of aryl methyl sites for hydroxylation is 1. The number of hydrogen-bond donors (Lipinski definition) is 0. The van der Waals surface area contributed by atoms with E-state index in [0.717, 1.165) is 4.90 Å². The van der Waals surface area contributed by atoms with Gasteiger partial charge in [-0.1, -0.05) is 5.16 Å². The summed E-state index contributed by atoms with van der Waals surface area (Å²) in [6.45, 7) is 1.58. The molecule has 3 rings (SSSR count). The fraction of sp³-hybridized carbons (Fsp3) is 0.462. The monoisotopic (exact) mass is 332 g/mol. The summed E-state index contributed by atoms with van der Waals surface area (Å²) in [6, 6.07) is -0.772. The van der Waals surface area contributed by atoms with Gasteiger partial charge in [-0.15, -0.1) is 0 Å². The number of rotatable bonds is 3. The van der Waals surface area contributed by atoms with Gasteiger partial charge in [-0.2, -0.15) is 27.5 Å². The number of pyridine rings is 1. The average molecular weight is 332 g/mol. The molecule has 0 bridgehead atoms. The second kappa shape index (κ2) is 5.76. The van der Waals surface area contributed by atoms with Crippen molar-refractivity contribution in [2.75, 3.05) is 18.6 Å². The lowest BCUT2D eigenvalue weighted by molar-refractivity contribution is 0.117.